The summed E-state index contributed by atoms with van der Waals surface area (Å²) in [4.78, 5) is 39.6. The fraction of sp³-hybridized carbons (Fsp3) is 0.389. The van der Waals surface area contributed by atoms with Gasteiger partial charge in [0.25, 0.3) is 11.1 Å². The van der Waals surface area contributed by atoms with Crippen LogP contribution in [-0.4, -0.2) is 65.9 Å². The molecule has 7 nitrogen and oxygen atoms in total. The topological polar surface area (TPSA) is 91.8 Å². The molecule has 3 amide bonds. The van der Waals surface area contributed by atoms with Crippen molar-refractivity contribution in [1.82, 2.24) is 9.80 Å². The van der Waals surface area contributed by atoms with E-state index >= 15 is 0 Å². The van der Waals surface area contributed by atoms with E-state index in [1.807, 2.05) is 0 Å². The molecule has 1 aromatic rings. The minimum Gasteiger partial charge on any atom is -0.337 e. The second-order valence-corrected chi connectivity index (χ2v) is 9.75. The van der Waals surface area contributed by atoms with Gasteiger partial charge in [-0.3, -0.25) is 19.3 Å². The Hall–Kier alpha value is -2.20. The number of imide groups is 1. The number of amides is 3. The predicted molar refractivity (Wildman–Crippen MR) is 104 cm³/mol. The largest absolute Gasteiger partial charge is 0.337 e. The van der Waals surface area contributed by atoms with Gasteiger partial charge in [0.2, 0.25) is 5.91 Å². The van der Waals surface area contributed by atoms with Crippen LogP contribution in [0.5, 0.6) is 0 Å². The lowest BCUT2D eigenvalue weighted by Crippen LogP contribution is -2.47. The Morgan fingerprint density at radius 3 is 2.68 bits per heavy atom. The van der Waals surface area contributed by atoms with Gasteiger partial charge in [0, 0.05) is 18.2 Å². The summed E-state index contributed by atoms with van der Waals surface area (Å²) in [6.07, 6.45) is 1.63. The number of thioether (sulfide) groups is 1. The zero-order valence-corrected chi connectivity index (χ0v) is 16.8. The number of nitrogens with zero attached hydrogens (tertiary/aromatic N) is 2. The fourth-order valence-electron chi connectivity index (χ4n) is 3.26. The molecule has 2 heterocycles. The van der Waals surface area contributed by atoms with Crippen LogP contribution in [0.15, 0.2) is 29.2 Å². The molecule has 3 rings (SSSR count). The molecule has 0 aromatic heterocycles. The number of hydrogen-bond acceptors (Lipinski definition) is 6. The molecular weight excluding hydrogens is 407 g/mol. The summed E-state index contributed by atoms with van der Waals surface area (Å²) in [6, 6.07) is 5.40. The zero-order valence-electron chi connectivity index (χ0n) is 15.1. The van der Waals surface area contributed by atoms with E-state index < -0.39 is 45.3 Å². The van der Waals surface area contributed by atoms with E-state index in [1.165, 1.54) is 29.2 Å². The molecule has 0 spiro atoms. The number of benzene rings is 1. The Balaban J connectivity index is 1.73. The summed E-state index contributed by atoms with van der Waals surface area (Å²) in [5.41, 5.74) is 0.172. The van der Waals surface area contributed by atoms with Crippen molar-refractivity contribution < 1.29 is 27.2 Å². The SMILES string of the molecule is CCN(C(=O)CN1C(=O)SC(=Cc2ccccc2F)C1=O)C1CCS(=O)(=O)C1. The zero-order chi connectivity index (χ0) is 20.5. The number of likely N-dealkylation sites (N-methyl/N-ethyl adjacent to an activating group) is 1. The first-order valence-corrected chi connectivity index (χ1v) is 11.4. The lowest BCUT2D eigenvalue weighted by Gasteiger charge is -2.28. The van der Waals surface area contributed by atoms with E-state index in [4.69, 9.17) is 0 Å². The van der Waals surface area contributed by atoms with E-state index in [1.54, 1.807) is 13.0 Å². The average Bonchev–Trinajstić information content (AvgIpc) is 3.11. The lowest BCUT2D eigenvalue weighted by atomic mass is 10.2. The number of carbonyl (C=O) groups is 3. The summed E-state index contributed by atoms with van der Waals surface area (Å²) < 4.78 is 37.1. The van der Waals surface area contributed by atoms with Gasteiger partial charge < -0.3 is 4.90 Å². The highest BCUT2D eigenvalue weighted by molar-refractivity contribution is 8.18. The highest BCUT2D eigenvalue weighted by atomic mass is 32.2. The summed E-state index contributed by atoms with van der Waals surface area (Å²) in [7, 11) is -3.17. The first-order valence-electron chi connectivity index (χ1n) is 8.71. The fourth-order valence-corrected chi connectivity index (χ4v) is 5.82. The lowest BCUT2D eigenvalue weighted by molar-refractivity contribution is -0.137. The highest BCUT2D eigenvalue weighted by Crippen LogP contribution is 2.32. The van der Waals surface area contributed by atoms with Crippen LogP contribution < -0.4 is 0 Å². The second kappa shape index (κ2) is 8.04. The van der Waals surface area contributed by atoms with Gasteiger partial charge in [0.05, 0.1) is 16.4 Å². The second-order valence-electron chi connectivity index (χ2n) is 6.53. The molecule has 2 aliphatic rings. The van der Waals surface area contributed by atoms with Crippen molar-refractivity contribution in [1.29, 1.82) is 0 Å². The minimum atomic E-state index is -3.17. The summed E-state index contributed by atoms with van der Waals surface area (Å²) in [5.74, 6) is -1.76. The Morgan fingerprint density at radius 1 is 1.36 bits per heavy atom. The smallest absolute Gasteiger partial charge is 0.294 e. The van der Waals surface area contributed by atoms with Crippen LogP contribution in [-0.2, 0) is 19.4 Å². The van der Waals surface area contributed by atoms with Crippen molar-refractivity contribution in [2.75, 3.05) is 24.6 Å². The first kappa shape index (κ1) is 20.5. The number of sulfone groups is 1. The van der Waals surface area contributed by atoms with E-state index in [0.717, 1.165) is 4.90 Å². The molecule has 1 unspecified atom stereocenters. The van der Waals surface area contributed by atoms with Crippen molar-refractivity contribution >= 4 is 44.7 Å². The van der Waals surface area contributed by atoms with Gasteiger partial charge in [-0.05, 0) is 37.2 Å². The molecule has 2 aliphatic heterocycles. The molecule has 0 N–H and O–H groups in total. The van der Waals surface area contributed by atoms with Crippen molar-refractivity contribution in [3.05, 3.63) is 40.6 Å². The van der Waals surface area contributed by atoms with Gasteiger partial charge in [-0.15, -0.1) is 0 Å². The molecule has 1 atom stereocenters. The van der Waals surface area contributed by atoms with Crippen LogP contribution in [0, 0.1) is 5.82 Å². The summed E-state index contributed by atoms with van der Waals surface area (Å²) >= 11 is 0.644. The number of rotatable bonds is 5. The molecule has 0 radical (unpaired) electrons. The van der Waals surface area contributed by atoms with E-state index in [2.05, 4.69) is 0 Å². The Bertz CT molecular complexity index is 960. The molecule has 2 fully saturated rings. The van der Waals surface area contributed by atoms with Crippen LogP contribution in [0.3, 0.4) is 0 Å². The van der Waals surface area contributed by atoms with Gasteiger partial charge in [-0.25, -0.2) is 12.8 Å². The van der Waals surface area contributed by atoms with E-state index in [9.17, 15) is 27.2 Å². The van der Waals surface area contributed by atoms with E-state index in [-0.39, 0.29) is 28.5 Å². The monoisotopic (exact) mass is 426 g/mol. The van der Waals surface area contributed by atoms with Crippen LogP contribution in [0.1, 0.15) is 18.9 Å². The van der Waals surface area contributed by atoms with Crippen molar-refractivity contribution in [3.63, 3.8) is 0 Å². The summed E-state index contributed by atoms with van der Waals surface area (Å²) in [6.45, 7) is 1.53. The van der Waals surface area contributed by atoms with Crippen molar-refractivity contribution in [3.8, 4) is 0 Å². The predicted octanol–water partition coefficient (Wildman–Crippen LogP) is 1.90. The minimum absolute atomic E-state index is 0.0222. The molecular formula is C18H19FN2O5S2. The molecule has 28 heavy (non-hydrogen) atoms. The standard InChI is InChI=1S/C18H19FN2O5S2/c1-2-20(13-7-8-28(25,26)11-13)16(22)10-21-17(23)15(27-18(21)24)9-12-5-3-4-6-14(12)19/h3-6,9,13H,2,7-8,10-11H2,1H3. The van der Waals surface area contributed by atoms with Gasteiger partial charge in [-0.1, -0.05) is 18.2 Å². The molecule has 1 aromatic carbocycles. The van der Waals surface area contributed by atoms with Gasteiger partial charge in [0.1, 0.15) is 12.4 Å². The van der Waals surface area contributed by atoms with Crippen LogP contribution in [0.25, 0.3) is 6.08 Å². The van der Waals surface area contributed by atoms with Gasteiger partial charge >= 0.3 is 0 Å². The highest BCUT2D eigenvalue weighted by Gasteiger charge is 2.39. The van der Waals surface area contributed by atoms with Crippen LogP contribution in [0.4, 0.5) is 9.18 Å². The Labute approximate surface area is 166 Å². The normalized spacial score (nSPS) is 22.9. The maximum atomic E-state index is 13.8. The van der Waals surface area contributed by atoms with E-state index in [0.29, 0.717) is 18.2 Å². The molecule has 0 bridgehead atoms. The quantitative estimate of drug-likeness (QED) is 0.668. The molecule has 10 heteroatoms. The molecule has 0 aliphatic carbocycles. The molecule has 150 valence electrons. The third-order valence-electron chi connectivity index (χ3n) is 4.67. The number of hydrogen-bond donors (Lipinski definition) is 0. The maximum absolute atomic E-state index is 13.8. The van der Waals surface area contributed by atoms with Gasteiger partial charge in [0.15, 0.2) is 9.84 Å². The first-order chi connectivity index (χ1) is 13.2. The third-order valence-corrected chi connectivity index (χ3v) is 7.33. The van der Waals surface area contributed by atoms with Gasteiger partial charge in [-0.2, -0.15) is 0 Å². The molecule has 0 saturated carbocycles. The number of carbonyl (C=O) groups excluding carboxylic acids is 3. The molecule has 2 saturated heterocycles. The van der Waals surface area contributed by atoms with Crippen molar-refractivity contribution in [2.45, 2.75) is 19.4 Å². The Morgan fingerprint density at radius 2 is 2.07 bits per heavy atom. The maximum Gasteiger partial charge on any atom is 0.294 e. The van der Waals surface area contributed by atoms with Crippen molar-refractivity contribution in [2.24, 2.45) is 0 Å². The van der Waals surface area contributed by atoms with Crippen LogP contribution in [0.2, 0.25) is 0 Å². The Kier molecular flexibility index (Phi) is 5.90. The van der Waals surface area contributed by atoms with Crippen LogP contribution >= 0.6 is 11.8 Å². The summed E-state index contributed by atoms with van der Waals surface area (Å²) in [5, 5.41) is -0.615. The third kappa shape index (κ3) is 4.27. The average molecular weight is 426 g/mol. The number of halogens is 1.